The summed E-state index contributed by atoms with van der Waals surface area (Å²) >= 11 is 0. The molecule has 0 heterocycles. The van der Waals surface area contributed by atoms with Crippen LogP contribution >= 0.6 is 0 Å². The first kappa shape index (κ1) is 26.5. The predicted molar refractivity (Wildman–Crippen MR) is 152 cm³/mol. The maximum absolute atomic E-state index is 2.38. The van der Waals surface area contributed by atoms with E-state index in [0.717, 1.165) is 0 Å². The normalized spacial score (nSPS) is 11.3. The number of benzene rings is 3. The Morgan fingerprint density at radius 1 is 0.294 bits per heavy atom. The molecule has 0 aliphatic heterocycles. The second kappa shape index (κ2) is 17.4. The van der Waals surface area contributed by atoms with Crippen LogP contribution in [0.25, 0.3) is 10.8 Å². The van der Waals surface area contributed by atoms with Crippen LogP contribution in [-0.2, 0) is 12.8 Å². The molecular weight excluding hydrogens is 408 g/mol. The summed E-state index contributed by atoms with van der Waals surface area (Å²) < 4.78 is 0. The molecule has 0 spiro atoms. The van der Waals surface area contributed by atoms with Crippen LogP contribution in [0.5, 0.6) is 0 Å². The molecule has 0 saturated heterocycles. The van der Waals surface area contributed by atoms with Crippen LogP contribution in [0.2, 0.25) is 0 Å². The lowest BCUT2D eigenvalue weighted by Gasteiger charge is -2.05. The molecule has 0 nitrogen and oxygen atoms in total. The van der Waals surface area contributed by atoms with Crippen LogP contribution in [0.4, 0.5) is 0 Å². The number of rotatable bonds is 19. The van der Waals surface area contributed by atoms with Gasteiger partial charge >= 0.3 is 0 Å². The number of hydrogen-bond donors (Lipinski definition) is 0. The van der Waals surface area contributed by atoms with Crippen LogP contribution in [0.1, 0.15) is 114 Å². The van der Waals surface area contributed by atoms with Crippen molar-refractivity contribution in [3.8, 4) is 0 Å². The number of aryl methyl sites for hydroxylation is 2. The van der Waals surface area contributed by atoms with Crippen LogP contribution in [-0.4, -0.2) is 0 Å². The first-order valence-electron chi connectivity index (χ1n) is 14.4. The fourth-order valence-corrected chi connectivity index (χ4v) is 5.17. The minimum atomic E-state index is 1.23. The zero-order chi connectivity index (χ0) is 23.5. The average Bonchev–Trinajstić information content (AvgIpc) is 2.88. The molecule has 3 aromatic rings. The van der Waals surface area contributed by atoms with E-state index in [1.807, 2.05) is 0 Å². The minimum absolute atomic E-state index is 1.23. The lowest BCUT2D eigenvalue weighted by atomic mass is 10.0. The largest absolute Gasteiger partial charge is 0.0622 e. The van der Waals surface area contributed by atoms with Gasteiger partial charge in [-0.15, -0.1) is 0 Å². The van der Waals surface area contributed by atoms with Crippen molar-refractivity contribution in [1.29, 1.82) is 0 Å². The molecule has 0 aliphatic carbocycles. The smallest absolute Gasteiger partial charge is 0.0181 e. The summed E-state index contributed by atoms with van der Waals surface area (Å²) in [5.41, 5.74) is 3.00. The number of unbranched alkanes of at least 4 members (excludes halogenated alkanes) is 15. The summed E-state index contributed by atoms with van der Waals surface area (Å²) in [6, 6.07) is 26.6. The minimum Gasteiger partial charge on any atom is -0.0622 e. The molecule has 0 bridgehead atoms. The SMILES string of the molecule is c1ccc(CCCCCCCCCCCCCCCCCCc2ccc3ccccc3c2)cc1. The molecule has 0 amide bonds. The summed E-state index contributed by atoms with van der Waals surface area (Å²) in [5, 5.41) is 2.74. The van der Waals surface area contributed by atoms with E-state index < -0.39 is 0 Å². The molecule has 0 unspecified atom stereocenters. The molecule has 0 aromatic heterocycles. The molecule has 0 fully saturated rings. The molecule has 0 radical (unpaired) electrons. The Morgan fingerprint density at radius 2 is 0.706 bits per heavy atom. The summed E-state index contributed by atoms with van der Waals surface area (Å²) in [4.78, 5) is 0. The van der Waals surface area contributed by atoms with Gasteiger partial charge < -0.3 is 0 Å². The van der Waals surface area contributed by atoms with Gasteiger partial charge in [0.2, 0.25) is 0 Å². The van der Waals surface area contributed by atoms with E-state index >= 15 is 0 Å². The quantitative estimate of drug-likeness (QED) is 0.157. The molecule has 3 rings (SSSR count). The lowest BCUT2D eigenvalue weighted by Crippen LogP contribution is -1.87. The highest BCUT2D eigenvalue weighted by atomic mass is 14.0. The molecule has 0 saturated carbocycles. The van der Waals surface area contributed by atoms with Crippen LogP contribution in [0.15, 0.2) is 72.8 Å². The van der Waals surface area contributed by atoms with Crippen molar-refractivity contribution < 1.29 is 0 Å². The summed E-state index contributed by atoms with van der Waals surface area (Å²) in [5.74, 6) is 0. The van der Waals surface area contributed by atoms with Crippen molar-refractivity contribution in [3.05, 3.63) is 83.9 Å². The van der Waals surface area contributed by atoms with Gasteiger partial charge in [-0.25, -0.2) is 0 Å². The van der Waals surface area contributed by atoms with E-state index in [9.17, 15) is 0 Å². The highest BCUT2D eigenvalue weighted by molar-refractivity contribution is 5.82. The van der Waals surface area contributed by atoms with Crippen LogP contribution in [0, 0.1) is 0 Å². The van der Waals surface area contributed by atoms with Crippen molar-refractivity contribution in [3.63, 3.8) is 0 Å². The van der Waals surface area contributed by atoms with Crippen molar-refractivity contribution >= 4 is 10.8 Å². The van der Waals surface area contributed by atoms with Crippen LogP contribution < -0.4 is 0 Å². The molecule has 34 heavy (non-hydrogen) atoms. The van der Waals surface area contributed by atoms with E-state index in [0.29, 0.717) is 0 Å². The Morgan fingerprint density at radius 3 is 1.24 bits per heavy atom. The zero-order valence-corrected chi connectivity index (χ0v) is 21.7. The summed E-state index contributed by atoms with van der Waals surface area (Å²) in [6.07, 6.45) is 25.3. The Hall–Kier alpha value is -2.08. The maximum Gasteiger partial charge on any atom is -0.0181 e. The molecule has 0 heteroatoms. The van der Waals surface area contributed by atoms with Crippen molar-refractivity contribution in [1.82, 2.24) is 0 Å². The molecular formula is C34H48. The van der Waals surface area contributed by atoms with Gasteiger partial charge in [-0.3, -0.25) is 0 Å². The molecule has 3 aromatic carbocycles. The van der Waals surface area contributed by atoms with E-state index in [2.05, 4.69) is 72.8 Å². The van der Waals surface area contributed by atoms with Crippen LogP contribution in [0.3, 0.4) is 0 Å². The van der Waals surface area contributed by atoms with E-state index in [4.69, 9.17) is 0 Å². The van der Waals surface area contributed by atoms with E-state index in [-0.39, 0.29) is 0 Å². The molecule has 0 N–H and O–H groups in total. The average molecular weight is 457 g/mol. The van der Waals surface area contributed by atoms with Gasteiger partial charge in [-0.05, 0) is 47.6 Å². The van der Waals surface area contributed by atoms with Gasteiger partial charge in [-0.2, -0.15) is 0 Å². The van der Waals surface area contributed by atoms with Crippen molar-refractivity contribution in [2.75, 3.05) is 0 Å². The second-order valence-corrected chi connectivity index (χ2v) is 10.3. The fraction of sp³-hybridized carbons (Fsp3) is 0.529. The molecule has 0 aliphatic rings. The van der Waals surface area contributed by atoms with Crippen molar-refractivity contribution in [2.24, 2.45) is 0 Å². The first-order valence-corrected chi connectivity index (χ1v) is 14.4. The molecule has 184 valence electrons. The van der Waals surface area contributed by atoms with Gasteiger partial charge in [-0.1, -0.05) is 163 Å². The third-order valence-corrected chi connectivity index (χ3v) is 7.34. The topological polar surface area (TPSA) is 0 Å². The zero-order valence-electron chi connectivity index (χ0n) is 21.7. The lowest BCUT2D eigenvalue weighted by molar-refractivity contribution is 0.528. The Balaban J connectivity index is 1.03. The van der Waals surface area contributed by atoms with Gasteiger partial charge in [0, 0.05) is 0 Å². The predicted octanol–water partition coefficient (Wildman–Crippen LogP) is 10.9. The standard InChI is InChI=1S/C34H48/c1(3-5-7-9-11-13-16-22-31-23-18-15-19-24-31)2-4-6-8-10-12-14-17-25-32-28-29-33-26-20-21-27-34(33)30-32/h15,18-21,23-24,26-30H,1-14,16-17,22,25H2. The Kier molecular flexibility index (Phi) is 13.5. The summed E-state index contributed by atoms with van der Waals surface area (Å²) in [6.45, 7) is 0. The number of hydrogen-bond acceptors (Lipinski definition) is 0. The van der Waals surface area contributed by atoms with Gasteiger partial charge in [0.15, 0.2) is 0 Å². The van der Waals surface area contributed by atoms with E-state index in [1.165, 1.54) is 137 Å². The van der Waals surface area contributed by atoms with Gasteiger partial charge in [0.05, 0.1) is 0 Å². The first-order chi connectivity index (χ1) is 16.9. The monoisotopic (exact) mass is 456 g/mol. The maximum atomic E-state index is 2.38. The van der Waals surface area contributed by atoms with E-state index in [1.54, 1.807) is 0 Å². The number of fused-ring (bicyclic) bond motifs is 1. The van der Waals surface area contributed by atoms with Gasteiger partial charge in [0.1, 0.15) is 0 Å². The fourth-order valence-electron chi connectivity index (χ4n) is 5.17. The third kappa shape index (κ3) is 11.4. The summed E-state index contributed by atoms with van der Waals surface area (Å²) in [7, 11) is 0. The van der Waals surface area contributed by atoms with Gasteiger partial charge in [0.25, 0.3) is 0 Å². The molecule has 0 atom stereocenters. The highest BCUT2D eigenvalue weighted by Crippen LogP contribution is 2.18. The Bertz CT molecular complexity index is 879. The van der Waals surface area contributed by atoms with Crippen molar-refractivity contribution in [2.45, 2.75) is 116 Å². The third-order valence-electron chi connectivity index (χ3n) is 7.34. The highest BCUT2D eigenvalue weighted by Gasteiger charge is 1.98. The second-order valence-electron chi connectivity index (χ2n) is 10.3. The Labute approximate surface area is 210 Å².